The molecule has 120 valence electrons. The van der Waals surface area contributed by atoms with Crippen LogP contribution >= 0.6 is 0 Å². The van der Waals surface area contributed by atoms with Gasteiger partial charge in [0, 0.05) is 12.6 Å². The summed E-state index contributed by atoms with van der Waals surface area (Å²) in [6.45, 7) is 9.96. The van der Waals surface area contributed by atoms with Crippen LogP contribution in [-0.2, 0) is 6.54 Å². The summed E-state index contributed by atoms with van der Waals surface area (Å²) in [5, 5.41) is 0. The minimum Gasteiger partial charge on any atom is -0.330 e. The zero-order chi connectivity index (χ0) is 15.5. The summed E-state index contributed by atoms with van der Waals surface area (Å²) in [6.07, 6.45) is 6.41. The first-order valence-electron chi connectivity index (χ1n) is 8.65. The second-order valence-electron chi connectivity index (χ2n) is 6.42. The van der Waals surface area contributed by atoms with Crippen LogP contribution in [0, 0.1) is 5.92 Å². The lowest BCUT2D eigenvalue weighted by atomic mass is 9.94. The van der Waals surface area contributed by atoms with Crippen molar-refractivity contribution < 1.29 is 0 Å². The minimum absolute atomic E-state index is 0.601. The molecule has 1 atom stereocenters. The zero-order valence-electron chi connectivity index (χ0n) is 14.2. The second kappa shape index (κ2) is 10.8. The monoisotopic (exact) mass is 290 g/mol. The summed E-state index contributed by atoms with van der Waals surface area (Å²) in [7, 11) is 0. The van der Waals surface area contributed by atoms with Crippen molar-refractivity contribution in [2.45, 2.75) is 65.5 Å². The summed E-state index contributed by atoms with van der Waals surface area (Å²) in [5.74, 6) is 0.825. The molecule has 1 unspecified atom stereocenters. The third-order valence-corrected chi connectivity index (χ3v) is 4.29. The lowest BCUT2D eigenvalue weighted by Crippen LogP contribution is -2.31. The van der Waals surface area contributed by atoms with Gasteiger partial charge in [0.05, 0.1) is 0 Å². The number of nitrogens with two attached hydrogens (primary N) is 1. The molecule has 1 aromatic rings. The van der Waals surface area contributed by atoms with Gasteiger partial charge in [-0.2, -0.15) is 0 Å². The highest BCUT2D eigenvalue weighted by Gasteiger charge is 2.12. The first kappa shape index (κ1) is 18.2. The van der Waals surface area contributed by atoms with Crippen molar-refractivity contribution in [3.8, 4) is 0 Å². The zero-order valence-corrected chi connectivity index (χ0v) is 14.2. The summed E-state index contributed by atoms with van der Waals surface area (Å²) in [4.78, 5) is 2.58. The SMILES string of the molecule is CCCC(CCN)CCCN(Cc1ccccc1)C(C)C. The number of hydrogen-bond donors (Lipinski definition) is 1. The number of benzene rings is 1. The first-order chi connectivity index (χ1) is 10.2. The van der Waals surface area contributed by atoms with E-state index >= 15 is 0 Å². The third kappa shape index (κ3) is 7.63. The fraction of sp³-hybridized carbons (Fsp3) is 0.684. The maximum atomic E-state index is 5.73. The standard InChI is InChI=1S/C19H34N2/c1-4-9-18(13-14-20)12-8-15-21(17(2)3)16-19-10-6-5-7-11-19/h5-7,10-11,17-18H,4,8-9,12-16,20H2,1-3H3. The van der Waals surface area contributed by atoms with E-state index in [0.717, 1.165) is 19.0 Å². The van der Waals surface area contributed by atoms with Gasteiger partial charge >= 0.3 is 0 Å². The van der Waals surface area contributed by atoms with Crippen LogP contribution in [0.5, 0.6) is 0 Å². The van der Waals surface area contributed by atoms with Gasteiger partial charge in [0.2, 0.25) is 0 Å². The maximum Gasteiger partial charge on any atom is 0.0236 e. The fourth-order valence-corrected chi connectivity index (χ4v) is 3.00. The van der Waals surface area contributed by atoms with E-state index in [1.807, 2.05) is 0 Å². The van der Waals surface area contributed by atoms with Crippen LogP contribution in [0.2, 0.25) is 0 Å². The first-order valence-corrected chi connectivity index (χ1v) is 8.65. The van der Waals surface area contributed by atoms with E-state index in [2.05, 4.69) is 56.0 Å². The molecular formula is C19H34N2. The van der Waals surface area contributed by atoms with Gasteiger partial charge in [0.15, 0.2) is 0 Å². The van der Waals surface area contributed by atoms with E-state index in [4.69, 9.17) is 5.73 Å². The number of rotatable bonds is 11. The molecule has 2 N–H and O–H groups in total. The van der Waals surface area contributed by atoms with Crippen molar-refractivity contribution in [3.63, 3.8) is 0 Å². The number of nitrogens with zero attached hydrogens (tertiary/aromatic N) is 1. The van der Waals surface area contributed by atoms with Crippen LogP contribution in [0.4, 0.5) is 0 Å². The highest BCUT2D eigenvalue weighted by Crippen LogP contribution is 2.18. The van der Waals surface area contributed by atoms with Crippen LogP contribution in [0.25, 0.3) is 0 Å². The third-order valence-electron chi connectivity index (χ3n) is 4.29. The van der Waals surface area contributed by atoms with Crippen LogP contribution in [-0.4, -0.2) is 24.0 Å². The molecule has 2 nitrogen and oxygen atoms in total. The Morgan fingerprint density at radius 2 is 1.76 bits per heavy atom. The van der Waals surface area contributed by atoms with E-state index in [-0.39, 0.29) is 0 Å². The van der Waals surface area contributed by atoms with Gasteiger partial charge in [0.25, 0.3) is 0 Å². The molecule has 0 fully saturated rings. The molecule has 0 saturated carbocycles. The molecule has 0 aliphatic carbocycles. The largest absolute Gasteiger partial charge is 0.330 e. The molecule has 0 saturated heterocycles. The Kier molecular flexibility index (Phi) is 9.36. The average molecular weight is 290 g/mol. The molecule has 0 spiro atoms. The summed E-state index contributed by atoms with van der Waals surface area (Å²) < 4.78 is 0. The topological polar surface area (TPSA) is 29.3 Å². The molecule has 1 rings (SSSR count). The summed E-state index contributed by atoms with van der Waals surface area (Å²) in [6, 6.07) is 11.4. The second-order valence-corrected chi connectivity index (χ2v) is 6.42. The Labute approximate surface area is 131 Å². The van der Waals surface area contributed by atoms with Gasteiger partial charge in [-0.1, -0.05) is 50.1 Å². The Morgan fingerprint density at radius 1 is 1.05 bits per heavy atom. The molecule has 0 heterocycles. The van der Waals surface area contributed by atoms with Crippen LogP contribution in [0.1, 0.15) is 58.4 Å². The molecule has 0 aliphatic rings. The van der Waals surface area contributed by atoms with E-state index in [0.29, 0.717) is 6.04 Å². The molecule has 0 radical (unpaired) electrons. The van der Waals surface area contributed by atoms with E-state index in [1.165, 1.54) is 44.2 Å². The molecule has 1 aromatic carbocycles. The van der Waals surface area contributed by atoms with Crippen molar-refractivity contribution in [2.24, 2.45) is 11.7 Å². The predicted molar refractivity (Wildman–Crippen MR) is 93.3 cm³/mol. The Bertz CT molecular complexity index is 342. The molecule has 0 aromatic heterocycles. The van der Waals surface area contributed by atoms with Gasteiger partial charge in [-0.3, -0.25) is 4.90 Å². The van der Waals surface area contributed by atoms with E-state index < -0.39 is 0 Å². The van der Waals surface area contributed by atoms with Gasteiger partial charge < -0.3 is 5.73 Å². The molecule has 0 bridgehead atoms. The van der Waals surface area contributed by atoms with Crippen LogP contribution in [0.3, 0.4) is 0 Å². The van der Waals surface area contributed by atoms with Crippen molar-refractivity contribution in [1.82, 2.24) is 4.90 Å². The van der Waals surface area contributed by atoms with Crippen molar-refractivity contribution >= 4 is 0 Å². The normalized spacial score (nSPS) is 13.0. The van der Waals surface area contributed by atoms with Crippen molar-refractivity contribution in [3.05, 3.63) is 35.9 Å². The summed E-state index contributed by atoms with van der Waals surface area (Å²) in [5.41, 5.74) is 7.15. The van der Waals surface area contributed by atoms with Crippen LogP contribution < -0.4 is 5.73 Å². The quantitative estimate of drug-likeness (QED) is 0.652. The van der Waals surface area contributed by atoms with Crippen LogP contribution in [0.15, 0.2) is 30.3 Å². The highest BCUT2D eigenvalue weighted by atomic mass is 15.1. The highest BCUT2D eigenvalue weighted by molar-refractivity contribution is 5.14. The molecule has 21 heavy (non-hydrogen) atoms. The van der Waals surface area contributed by atoms with Gasteiger partial charge in [-0.05, 0) is 57.7 Å². The van der Waals surface area contributed by atoms with Gasteiger partial charge in [-0.15, -0.1) is 0 Å². The maximum absolute atomic E-state index is 5.73. The van der Waals surface area contributed by atoms with Gasteiger partial charge in [-0.25, -0.2) is 0 Å². The Morgan fingerprint density at radius 3 is 2.33 bits per heavy atom. The molecular weight excluding hydrogens is 256 g/mol. The van der Waals surface area contributed by atoms with Crippen molar-refractivity contribution in [2.75, 3.05) is 13.1 Å². The van der Waals surface area contributed by atoms with E-state index in [1.54, 1.807) is 0 Å². The smallest absolute Gasteiger partial charge is 0.0236 e. The van der Waals surface area contributed by atoms with Gasteiger partial charge in [0.1, 0.15) is 0 Å². The van der Waals surface area contributed by atoms with Crippen molar-refractivity contribution in [1.29, 1.82) is 0 Å². The molecule has 2 heteroatoms. The Balaban J connectivity index is 2.40. The fourth-order valence-electron chi connectivity index (χ4n) is 3.00. The molecule has 0 amide bonds. The molecule has 0 aliphatic heterocycles. The average Bonchev–Trinajstić information content (AvgIpc) is 2.47. The lowest BCUT2D eigenvalue weighted by molar-refractivity contribution is 0.202. The van der Waals surface area contributed by atoms with E-state index in [9.17, 15) is 0 Å². The lowest BCUT2D eigenvalue weighted by Gasteiger charge is -2.27. The number of hydrogen-bond acceptors (Lipinski definition) is 2. The minimum atomic E-state index is 0.601. The summed E-state index contributed by atoms with van der Waals surface area (Å²) >= 11 is 0. The Hall–Kier alpha value is -0.860. The predicted octanol–water partition coefficient (Wildman–Crippen LogP) is 4.44.